The maximum atomic E-state index is 12.5. The normalized spacial score (nSPS) is 28.6. The van der Waals surface area contributed by atoms with Gasteiger partial charge in [-0.3, -0.25) is 9.59 Å². The van der Waals surface area contributed by atoms with Crippen LogP contribution in [-0.4, -0.2) is 33.4 Å². The summed E-state index contributed by atoms with van der Waals surface area (Å²) in [6.07, 6.45) is 1.39. The number of para-hydroxylation sites is 1. The minimum absolute atomic E-state index is 0.0780. The summed E-state index contributed by atoms with van der Waals surface area (Å²) in [5.74, 6) is 0.702. The zero-order valence-corrected chi connectivity index (χ0v) is 12.5. The fraction of sp³-hybridized carbons (Fsp3) is 0.467. The Morgan fingerprint density at radius 3 is 2.95 bits per heavy atom. The first-order valence-electron chi connectivity index (χ1n) is 6.84. The van der Waals surface area contributed by atoms with Gasteiger partial charge in [0.15, 0.2) is 0 Å². The van der Waals surface area contributed by atoms with Crippen molar-refractivity contribution in [2.24, 2.45) is 0 Å². The number of rotatable bonds is 2. The number of hydrogen-bond acceptors (Lipinski definition) is 3. The van der Waals surface area contributed by atoms with Crippen LogP contribution in [0.25, 0.3) is 0 Å². The van der Waals surface area contributed by atoms with Gasteiger partial charge in [0.05, 0.1) is 4.87 Å². The van der Waals surface area contributed by atoms with E-state index in [0.29, 0.717) is 12.2 Å². The van der Waals surface area contributed by atoms with Gasteiger partial charge >= 0.3 is 0 Å². The van der Waals surface area contributed by atoms with Crippen LogP contribution in [0.5, 0.6) is 0 Å². The second-order valence-corrected chi connectivity index (χ2v) is 7.07. The number of hydrogen-bond donors (Lipinski definition) is 1. The fourth-order valence-corrected chi connectivity index (χ4v) is 4.38. The molecule has 0 aliphatic carbocycles. The SMILES string of the molecule is Cc1ccccc1NC(=O)[C@H]1CS[C@]2(C)CCC(=O)N12. The van der Waals surface area contributed by atoms with Gasteiger partial charge in [-0.05, 0) is 31.9 Å². The van der Waals surface area contributed by atoms with Gasteiger partial charge < -0.3 is 10.2 Å². The number of thioether (sulfide) groups is 1. The maximum absolute atomic E-state index is 12.5. The molecule has 106 valence electrons. The largest absolute Gasteiger partial charge is 0.324 e. The molecule has 2 heterocycles. The highest BCUT2D eigenvalue weighted by molar-refractivity contribution is 8.01. The molecule has 2 fully saturated rings. The smallest absolute Gasteiger partial charge is 0.248 e. The molecule has 3 rings (SSSR count). The second kappa shape index (κ2) is 4.81. The van der Waals surface area contributed by atoms with Crippen LogP contribution >= 0.6 is 11.8 Å². The molecule has 1 N–H and O–H groups in total. The van der Waals surface area contributed by atoms with Crippen molar-refractivity contribution in [3.05, 3.63) is 29.8 Å². The molecule has 20 heavy (non-hydrogen) atoms. The molecule has 0 unspecified atom stereocenters. The molecule has 0 bridgehead atoms. The van der Waals surface area contributed by atoms with Crippen LogP contribution in [0, 0.1) is 6.92 Å². The average molecular weight is 290 g/mol. The molecule has 1 aromatic rings. The number of carbonyl (C=O) groups excluding carboxylic acids is 2. The Morgan fingerprint density at radius 2 is 2.20 bits per heavy atom. The van der Waals surface area contributed by atoms with Crippen LogP contribution in [0.2, 0.25) is 0 Å². The third kappa shape index (κ3) is 2.10. The lowest BCUT2D eigenvalue weighted by Gasteiger charge is -2.29. The summed E-state index contributed by atoms with van der Waals surface area (Å²) < 4.78 is 0. The Labute approximate surface area is 122 Å². The third-order valence-electron chi connectivity index (χ3n) is 4.15. The molecular weight excluding hydrogens is 272 g/mol. The summed E-state index contributed by atoms with van der Waals surface area (Å²) in [6.45, 7) is 4.02. The van der Waals surface area contributed by atoms with Gasteiger partial charge in [0, 0.05) is 17.9 Å². The highest BCUT2D eigenvalue weighted by Gasteiger charge is 2.52. The maximum Gasteiger partial charge on any atom is 0.248 e. The van der Waals surface area contributed by atoms with Crippen molar-refractivity contribution in [1.82, 2.24) is 4.90 Å². The molecule has 0 radical (unpaired) electrons. The summed E-state index contributed by atoms with van der Waals surface area (Å²) in [6, 6.07) is 7.35. The molecule has 5 heteroatoms. The Hall–Kier alpha value is -1.49. The summed E-state index contributed by atoms with van der Waals surface area (Å²) in [5.41, 5.74) is 1.85. The van der Waals surface area contributed by atoms with Crippen LogP contribution in [0.3, 0.4) is 0 Å². The number of fused-ring (bicyclic) bond motifs is 1. The van der Waals surface area contributed by atoms with Gasteiger partial charge in [-0.1, -0.05) is 18.2 Å². The van der Waals surface area contributed by atoms with E-state index in [2.05, 4.69) is 12.2 Å². The summed E-state index contributed by atoms with van der Waals surface area (Å²) in [4.78, 5) is 26.1. The van der Waals surface area contributed by atoms with E-state index in [0.717, 1.165) is 17.7 Å². The van der Waals surface area contributed by atoms with E-state index in [1.54, 1.807) is 16.7 Å². The Bertz CT molecular complexity index is 575. The molecule has 4 nitrogen and oxygen atoms in total. The predicted molar refractivity (Wildman–Crippen MR) is 80.5 cm³/mol. The van der Waals surface area contributed by atoms with Crippen LogP contribution in [0.1, 0.15) is 25.3 Å². The fourth-order valence-electron chi connectivity index (χ4n) is 2.94. The third-order valence-corrected chi connectivity index (χ3v) is 5.66. The van der Waals surface area contributed by atoms with E-state index in [-0.39, 0.29) is 22.7 Å². The number of nitrogens with one attached hydrogen (secondary N) is 1. The molecule has 2 saturated heterocycles. The van der Waals surface area contributed by atoms with Crippen molar-refractivity contribution in [2.75, 3.05) is 11.1 Å². The molecule has 0 saturated carbocycles. The van der Waals surface area contributed by atoms with Crippen LogP contribution < -0.4 is 5.32 Å². The average Bonchev–Trinajstić information content (AvgIpc) is 2.90. The van der Waals surface area contributed by atoms with Gasteiger partial charge in [0.25, 0.3) is 0 Å². The van der Waals surface area contributed by atoms with Crippen molar-refractivity contribution in [3.63, 3.8) is 0 Å². The Kier molecular flexibility index (Phi) is 3.24. The van der Waals surface area contributed by atoms with Gasteiger partial charge in [-0.15, -0.1) is 11.8 Å². The zero-order chi connectivity index (χ0) is 14.3. The number of aryl methyl sites for hydroxylation is 1. The monoisotopic (exact) mass is 290 g/mol. The lowest BCUT2D eigenvalue weighted by Crippen LogP contribution is -2.48. The molecular formula is C15H18N2O2S. The number of amides is 2. The molecule has 2 aliphatic heterocycles. The molecule has 0 aromatic heterocycles. The Morgan fingerprint density at radius 1 is 1.45 bits per heavy atom. The number of carbonyl (C=O) groups is 2. The first-order chi connectivity index (χ1) is 9.51. The van der Waals surface area contributed by atoms with E-state index in [1.807, 2.05) is 31.2 Å². The number of anilines is 1. The first kappa shape index (κ1) is 13.5. The first-order valence-corrected chi connectivity index (χ1v) is 7.82. The highest BCUT2D eigenvalue weighted by Crippen LogP contribution is 2.47. The lowest BCUT2D eigenvalue weighted by atomic mass is 10.1. The van der Waals surface area contributed by atoms with Crippen molar-refractivity contribution < 1.29 is 9.59 Å². The van der Waals surface area contributed by atoms with E-state index in [9.17, 15) is 9.59 Å². The summed E-state index contributed by atoms with van der Waals surface area (Å²) >= 11 is 1.71. The molecule has 2 atom stereocenters. The van der Waals surface area contributed by atoms with Gasteiger partial charge in [0.1, 0.15) is 6.04 Å². The number of benzene rings is 1. The van der Waals surface area contributed by atoms with Crippen molar-refractivity contribution in [2.45, 2.75) is 37.6 Å². The van der Waals surface area contributed by atoms with Crippen LogP contribution in [0.4, 0.5) is 5.69 Å². The van der Waals surface area contributed by atoms with Crippen molar-refractivity contribution in [1.29, 1.82) is 0 Å². The lowest BCUT2D eigenvalue weighted by molar-refractivity contribution is -0.135. The van der Waals surface area contributed by atoms with Gasteiger partial charge in [-0.25, -0.2) is 0 Å². The van der Waals surface area contributed by atoms with Gasteiger partial charge in [-0.2, -0.15) is 0 Å². The molecule has 1 aromatic carbocycles. The minimum Gasteiger partial charge on any atom is -0.324 e. The van der Waals surface area contributed by atoms with E-state index in [1.165, 1.54) is 0 Å². The van der Waals surface area contributed by atoms with E-state index >= 15 is 0 Å². The minimum atomic E-state index is -0.348. The zero-order valence-electron chi connectivity index (χ0n) is 11.7. The molecule has 2 amide bonds. The second-order valence-electron chi connectivity index (χ2n) is 5.57. The van der Waals surface area contributed by atoms with Crippen LogP contribution in [-0.2, 0) is 9.59 Å². The Balaban J connectivity index is 1.79. The standard InChI is InChI=1S/C15H18N2O2S/c1-10-5-3-4-6-11(10)16-14(19)12-9-20-15(2)8-7-13(18)17(12)15/h3-6,12H,7-9H2,1-2H3,(H,16,19)/t12-,15-/m1/s1. The topological polar surface area (TPSA) is 49.4 Å². The molecule has 2 aliphatic rings. The van der Waals surface area contributed by atoms with E-state index < -0.39 is 0 Å². The van der Waals surface area contributed by atoms with Crippen molar-refractivity contribution >= 4 is 29.3 Å². The molecule has 0 spiro atoms. The van der Waals surface area contributed by atoms with Crippen molar-refractivity contribution in [3.8, 4) is 0 Å². The summed E-state index contributed by atoms with van der Waals surface area (Å²) in [7, 11) is 0. The predicted octanol–water partition coefficient (Wildman–Crippen LogP) is 2.39. The quantitative estimate of drug-likeness (QED) is 0.910. The highest BCUT2D eigenvalue weighted by atomic mass is 32.2. The van der Waals surface area contributed by atoms with Gasteiger partial charge in [0.2, 0.25) is 11.8 Å². The number of nitrogens with zero attached hydrogens (tertiary/aromatic N) is 1. The summed E-state index contributed by atoms with van der Waals surface area (Å²) in [5, 5.41) is 2.96. The van der Waals surface area contributed by atoms with Crippen LogP contribution in [0.15, 0.2) is 24.3 Å². The van der Waals surface area contributed by atoms with E-state index in [4.69, 9.17) is 0 Å².